The van der Waals surface area contributed by atoms with Crippen LogP contribution >= 0.6 is 0 Å². The van der Waals surface area contributed by atoms with Crippen molar-refractivity contribution < 1.29 is 23.1 Å². The van der Waals surface area contributed by atoms with E-state index in [9.17, 15) is 18.3 Å². The molecule has 2 atom stereocenters. The van der Waals surface area contributed by atoms with E-state index in [-0.39, 0.29) is 12.6 Å². The van der Waals surface area contributed by atoms with E-state index in [2.05, 4.69) is 9.46 Å². The number of ether oxygens (including phenoxy) is 1. The average Bonchev–Trinajstić information content (AvgIpc) is 2.35. The van der Waals surface area contributed by atoms with Crippen LogP contribution in [0.1, 0.15) is 26.2 Å². The van der Waals surface area contributed by atoms with Crippen LogP contribution in [0.5, 0.6) is 0 Å². The monoisotopic (exact) mass is 280 g/mol. The molecule has 0 saturated carbocycles. The predicted octanol–water partition coefficient (Wildman–Crippen LogP) is -0.771. The van der Waals surface area contributed by atoms with Crippen LogP contribution in [-0.4, -0.2) is 56.1 Å². The first kappa shape index (κ1) is 15.4. The maximum atomic E-state index is 12.0. The van der Waals surface area contributed by atoms with Gasteiger partial charge in [0, 0.05) is 19.1 Å². The Balaban J connectivity index is 2.56. The van der Waals surface area contributed by atoms with Gasteiger partial charge in [0.2, 0.25) is 0 Å². The van der Waals surface area contributed by atoms with E-state index < -0.39 is 22.3 Å². The Bertz CT molecular complexity index is 384. The summed E-state index contributed by atoms with van der Waals surface area (Å²) in [7, 11) is -2.52. The lowest BCUT2D eigenvalue weighted by Gasteiger charge is -2.32. The summed E-state index contributed by atoms with van der Waals surface area (Å²) < 4.78 is 31.8. The molecule has 0 amide bonds. The normalized spacial score (nSPS) is 23.6. The lowest BCUT2D eigenvalue weighted by Crippen LogP contribution is -2.50. The molecule has 2 unspecified atom stereocenters. The molecule has 0 aromatic heterocycles. The van der Waals surface area contributed by atoms with Gasteiger partial charge in [0.15, 0.2) is 6.10 Å². The van der Waals surface area contributed by atoms with Gasteiger partial charge in [-0.05, 0) is 19.8 Å². The van der Waals surface area contributed by atoms with Crippen molar-refractivity contribution in [3.63, 3.8) is 0 Å². The van der Waals surface area contributed by atoms with Crippen molar-refractivity contribution in [3.8, 4) is 0 Å². The van der Waals surface area contributed by atoms with Crippen LogP contribution in [0.2, 0.25) is 0 Å². The third-order valence-corrected chi connectivity index (χ3v) is 4.67. The van der Waals surface area contributed by atoms with Crippen LogP contribution < -0.4 is 4.72 Å². The lowest BCUT2D eigenvalue weighted by atomic mass is 10.1. The van der Waals surface area contributed by atoms with Gasteiger partial charge in [-0.25, -0.2) is 4.79 Å². The number of carbonyl (C=O) groups excluding carboxylic acids is 1. The number of nitrogens with zero attached hydrogens (tertiary/aromatic N) is 1. The number of carbonyl (C=O) groups is 1. The van der Waals surface area contributed by atoms with Gasteiger partial charge >= 0.3 is 5.97 Å². The molecule has 7 nitrogen and oxygen atoms in total. The molecule has 18 heavy (non-hydrogen) atoms. The van der Waals surface area contributed by atoms with Crippen molar-refractivity contribution in [1.29, 1.82) is 0 Å². The molecule has 1 rings (SSSR count). The van der Waals surface area contributed by atoms with Crippen LogP contribution in [0.4, 0.5) is 0 Å². The van der Waals surface area contributed by atoms with Crippen molar-refractivity contribution in [3.05, 3.63) is 0 Å². The van der Waals surface area contributed by atoms with Crippen LogP contribution in [0.25, 0.3) is 0 Å². The highest BCUT2D eigenvalue weighted by atomic mass is 32.2. The number of methoxy groups -OCH3 is 1. The topological polar surface area (TPSA) is 95.9 Å². The molecule has 8 heteroatoms. The first-order valence-electron chi connectivity index (χ1n) is 5.91. The molecule has 1 aliphatic heterocycles. The van der Waals surface area contributed by atoms with E-state index in [1.807, 2.05) is 6.92 Å². The second-order valence-corrected chi connectivity index (χ2v) is 6.06. The summed E-state index contributed by atoms with van der Waals surface area (Å²) in [6, 6.07) is -0.0634. The Kier molecular flexibility index (Phi) is 5.51. The summed E-state index contributed by atoms with van der Waals surface area (Å²) in [4.78, 5) is 10.9. The Morgan fingerprint density at radius 1 is 1.56 bits per heavy atom. The van der Waals surface area contributed by atoms with Crippen molar-refractivity contribution in [2.45, 2.75) is 38.3 Å². The fraction of sp³-hybridized carbons (Fsp3) is 0.900. The smallest absolute Gasteiger partial charge is 0.336 e. The number of rotatable bonds is 5. The van der Waals surface area contributed by atoms with E-state index in [1.165, 1.54) is 4.31 Å². The van der Waals surface area contributed by atoms with Gasteiger partial charge in [-0.3, -0.25) is 0 Å². The quantitative estimate of drug-likeness (QED) is 0.645. The fourth-order valence-electron chi connectivity index (χ4n) is 1.92. The molecule has 0 radical (unpaired) electrons. The largest absolute Gasteiger partial charge is 0.467 e. The van der Waals surface area contributed by atoms with E-state index >= 15 is 0 Å². The summed E-state index contributed by atoms with van der Waals surface area (Å²) in [5, 5.41) is 9.33. The first-order chi connectivity index (χ1) is 8.38. The molecular formula is C10H20N2O5S. The molecule has 1 aliphatic rings. The van der Waals surface area contributed by atoms with Gasteiger partial charge in [0.25, 0.3) is 10.2 Å². The fourth-order valence-corrected chi connectivity index (χ4v) is 3.40. The third-order valence-electron chi connectivity index (χ3n) is 2.98. The Hall–Kier alpha value is -0.700. The van der Waals surface area contributed by atoms with Gasteiger partial charge in [0.05, 0.1) is 7.11 Å². The summed E-state index contributed by atoms with van der Waals surface area (Å²) in [5.74, 6) is -0.857. The SMILES string of the molecule is COC(=O)C(O)CNS(=O)(=O)N1CCCCC1C. The highest BCUT2D eigenvalue weighted by Gasteiger charge is 2.30. The Labute approximate surface area is 107 Å². The number of aliphatic hydroxyl groups is 1. The summed E-state index contributed by atoms with van der Waals surface area (Å²) in [6.07, 6.45) is 1.17. The van der Waals surface area contributed by atoms with E-state index in [0.717, 1.165) is 26.4 Å². The Morgan fingerprint density at radius 2 is 2.22 bits per heavy atom. The number of aliphatic hydroxyl groups excluding tert-OH is 1. The van der Waals surface area contributed by atoms with Gasteiger partial charge in [-0.15, -0.1) is 0 Å². The highest BCUT2D eigenvalue weighted by Crippen LogP contribution is 2.18. The molecule has 0 bridgehead atoms. The minimum absolute atomic E-state index is 0.0634. The van der Waals surface area contributed by atoms with E-state index in [4.69, 9.17) is 0 Å². The Morgan fingerprint density at radius 3 is 2.78 bits per heavy atom. The molecule has 106 valence electrons. The highest BCUT2D eigenvalue weighted by molar-refractivity contribution is 7.87. The number of piperidine rings is 1. The lowest BCUT2D eigenvalue weighted by molar-refractivity contribution is -0.149. The number of hydrogen-bond donors (Lipinski definition) is 2. The van der Waals surface area contributed by atoms with Gasteiger partial charge in [0.1, 0.15) is 0 Å². The van der Waals surface area contributed by atoms with Crippen LogP contribution in [0, 0.1) is 0 Å². The van der Waals surface area contributed by atoms with Crippen LogP contribution in [0.3, 0.4) is 0 Å². The molecule has 1 saturated heterocycles. The number of hydrogen-bond acceptors (Lipinski definition) is 5. The van der Waals surface area contributed by atoms with Crippen molar-refractivity contribution >= 4 is 16.2 Å². The third kappa shape index (κ3) is 3.91. The zero-order chi connectivity index (χ0) is 13.8. The van der Waals surface area contributed by atoms with Crippen molar-refractivity contribution in [2.24, 2.45) is 0 Å². The van der Waals surface area contributed by atoms with E-state index in [1.54, 1.807) is 0 Å². The zero-order valence-electron chi connectivity index (χ0n) is 10.6. The standard InChI is InChI=1S/C10H20N2O5S/c1-8-5-3-4-6-12(8)18(15,16)11-7-9(13)10(14)17-2/h8-9,11,13H,3-7H2,1-2H3. The zero-order valence-corrected chi connectivity index (χ0v) is 11.4. The minimum atomic E-state index is -3.65. The molecule has 1 heterocycles. The molecule has 0 spiro atoms. The van der Waals surface area contributed by atoms with E-state index in [0.29, 0.717) is 6.54 Å². The molecule has 0 aromatic carbocycles. The van der Waals surface area contributed by atoms with Crippen LogP contribution in [0.15, 0.2) is 0 Å². The van der Waals surface area contributed by atoms with Gasteiger partial charge in [-0.2, -0.15) is 17.4 Å². The minimum Gasteiger partial charge on any atom is -0.467 e. The summed E-state index contributed by atoms with van der Waals surface area (Å²) in [5.41, 5.74) is 0. The summed E-state index contributed by atoms with van der Waals surface area (Å²) in [6.45, 7) is 1.93. The number of nitrogens with one attached hydrogen (secondary N) is 1. The van der Waals surface area contributed by atoms with Crippen molar-refractivity contribution in [2.75, 3.05) is 20.2 Å². The molecular weight excluding hydrogens is 260 g/mol. The average molecular weight is 280 g/mol. The molecule has 2 N–H and O–H groups in total. The molecule has 1 fully saturated rings. The van der Waals surface area contributed by atoms with Gasteiger partial charge in [-0.1, -0.05) is 6.42 Å². The predicted molar refractivity (Wildman–Crippen MR) is 65.0 cm³/mol. The molecule has 0 aromatic rings. The second kappa shape index (κ2) is 6.46. The van der Waals surface area contributed by atoms with Crippen molar-refractivity contribution in [1.82, 2.24) is 9.03 Å². The first-order valence-corrected chi connectivity index (χ1v) is 7.35. The maximum Gasteiger partial charge on any atom is 0.336 e. The summed E-state index contributed by atoms with van der Waals surface area (Å²) >= 11 is 0. The molecule has 0 aliphatic carbocycles. The maximum absolute atomic E-state index is 12.0. The second-order valence-electron chi connectivity index (χ2n) is 4.35. The van der Waals surface area contributed by atoms with Gasteiger partial charge < -0.3 is 9.84 Å². The number of esters is 1. The van der Waals surface area contributed by atoms with Crippen LogP contribution in [-0.2, 0) is 19.7 Å².